The second-order valence-corrected chi connectivity index (χ2v) is 7.95. The molecular formula is C19H18N4O2S2. The Morgan fingerprint density at radius 3 is 2.93 bits per heavy atom. The summed E-state index contributed by atoms with van der Waals surface area (Å²) in [4.78, 5) is 20.9. The van der Waals surface area contributed by atoms with E-state index in [9.17, 15) is 4.79 Å². The van der Waals surface area contributed by atoms with Crippen LogP contribution in [0.4, 0.5) is 0 Å². The predicted octanol–water partition coefficient (Wildman–Crippen LogP) is 4.09. The lowest BCUT2D eigenvalue weighted by atomic mass is 10.2. The van der Waals surface area contributed by atoms with E-state index in [-0.39, 0.29) is 5.91 Å². The van der Waals surface area contributed by atoms with Gasteiger partial charge >= 0.3 is 0 Å². The van der Waals surface area contributed by atoms with E-state index in [2.05, 4.69) is 26.5 Å². The Bertz CT molecular complexity index is 990. The molecule has 4 rings (SSSR count). The zero-order valence-corrected chi connectivity index (χ0v) is 16.2. The number of hydrogen-bond donors (Lipinski definition) is 1. The average molecular weight is 399 g/mol. The first-order chi connectivity index (χ1) is 13.3. The van der Waals surface area contributed by atoms with Crippen LogP contribution in [-0.4, -0.2) is 27.6 Å². The molecule has 138 valence electrons. The smallest absolute Gasteiger partial charge is 0.227 e. The highest BCUT2D eigenvalue weighted by Crippen LogP contribution is 2.22. The quantitative estimate of drug-likeness (QED) is 0.452. The van der Waals surface area contributed by atoms with Gasteiger partial charge in [0, 0.05) is 36.8 Å². The Labute approximate surface area is 164 Å². The van der Waals surface area contributed by atoms with Gasteiger partial charge in [0.15, 0.2) is 0 Å². The number of benzene rings is 1. The third-order valence-corrected chi connectivity index (χ3v) is 5.82. The van der Waals surface area contributed by atoms with Crippen molar-refractivity contribution in [1.29, 1.82) is 0 Å². The van der Waals surface area contributed by atoms with Gasteiger partial charge in [0.2, 0.25) is 17.6 Å². The van der Waals surface area contributed by atoms with Gasteiger partial charge in [0.1, 0.15) is 0 Å². The Balaban J connectivity index is 1.18. The lowest BCUT2D eigenvalue weighted by molar-refractivity contribution is -0.121. The number of para-hydroxylation sites is 1. The van der Waals surface area contributed by atoms with Crippen molar-refractivity contribution in [3.8, 4) is 11.4 Å². The fourth-order valence-electron chi connectivity index (χ4n) is 2.67. The van der Waals surface area contributed by atoms with Crippen molar-refractivity contribution in [3.05, 3.63) is 52.0 Å². The lowest BCUT2D eigenvalue weighted by Crippen LogP contribution is -2.25. The zero-order valence-electron chi connectivity index (χ0n) is 14.6. The van der Waals surface area contributed by atoms with Gasteiger partial charge in [-0.05, 0) is 30.0 Å². The Kier molecular flexibility index (Phi) is 5.55. The number of aromatic nitrogens is 3. The zero-order chi connectivity index (χ0) is 18.5. The maximum absolute atomic E-state index is 12.0. The largest absolute Gasteiger partial charge is 0.356 e. The topological polar surface area (TPSA) is 80.9 Å². The van der Waals surface area contributed by atoms with Gasteiger partial charge in [-0.3, -0.25) is 4.79 Å². The second kappa shape index (κ2) is 8.41. The summed E-state index contributed by atoms with van der Waals surface area (Å²) in [5.41, 5.74) is 1.98. The number of fused-ring (bicyclic) bond motifs is 1. The highest BCUT2D eigenvalue weighted by molar-refractivity contribution is 7.18. The molecule has 3 heterocycles. The molecule has 0 saturated heterocycles. The predicted molar refractivity (Wildman–Crippen MR) is 107 cm³/mol. The summed E-state index contributed by atoms with van der Waals surface area (Å²) in [5.74, 6) is 1.05. The number of amides is 1. The number of nitrogens with zero attached hydrogens (tertiary/aromatic N) is 3. The van der Waals surface area contributed by atoms with E-state index in [0.29, 0.717) is 31.1 Å². The van der Waals surface area contributed by atoms with Crippen LogP contribution in [0, 0.1) is 0 Å². The molecule has 4 aromatic rings. The third-order valence-electron chi connectivity index (χ3n) is 4.04. The van der Waals surface area contributed by atoms with Gasteiger partial charge in [0.05, 0.1) is 15.2 Å². The normalized spacial score (nSPS) is 11.1. The minimum Gasteiger partial charge on any atom is -0.356 e. The summed E-state index contributed by atoms with van der Waals surface area (Å²) in [5, 5.41) is 11.9. The summed E-state index contributed by atoms with van der Waals surface area (Å²) in [6, 6.07) is 10.1. The maximum atomic E-state index is 12.0. The van der Waals surface area contributed by atoms with Crippen molar-refractivity contribution >= 4 is 38.8 Å². The fourth-order valence-corrected chi connectivity index (χ4v) is 4.31. The Morgan fingerprint density at radius 1 is 1.15 bits per heavy atom. The van der Waals surface area contributed by atoms with Crippen molar-refractivity contribution in [2.45, 2.75) is 25.7 Å². The van der Waals surface area contributed by atoms with Gasteiger partial charge in [-0.1, -0.05) is 17.3 Å². The van der Waals surface area contributed by atoms with Crippen LogP contribution < -0.4 is 5.32 Å². The fraction of sp³-hybridized carbons (Fsp3) is 0.263. The van der Waals surface area contributed by atoms with Gasteiger partial charge in [-0.15, -0.1) is 11.3 Å². The number of thiophene rings is 1. The number of rotatable bonds is 8. The SMILES string of the molecule is O=C(CCc1nc(-c2ccsc2)no1)NCCCc1nc2ccccc2s1. The van der Waals surface area contributed by atoms with E-state index >= 15 is 0 Å². The van der Waals surface area contributed by atoms with Crippen molar-refractivity contribution in [3.63, 3.8) is 0 Å². The molecule has 1 amide bonds. The molecule has 6 nitrogen and oxygen atoms in total. The molecule has 0 radical (unpaired) electrons. The highest BCUT2D eigenvalue weighted by atomic mass is 32.1. The molecule has 0 unspecified atom stereocenters. The molecule has 27 heavy (non-hydrogen) atoms. The van der Waals surface area contributed by atoms with Gasteiger partial charge in [-0.25, -0.2) is 4.98 Å². The molecule has 3 aromatic heterocycles. The van der Waals surface area contributed by atoms with Crippen LogP contribution in [0.5, 0.6) is 0 Å². The molecule has 0 atom stereocenters. The average Bonchev–Trinajstić information content (AvgIpc) is 3.43. The standard InChI is InChI=1S/C19H18N4O2S2/c24-16(7-8-17-22-19(23-25-17)13-9-11-26-12-13)20-10-3-6-18-21-14-4-1-2-5-15(14)27-18/h1-2,4-5,9,11-12H,3,6-8,10H2,(H,20,24). The van der Waals surface area contributed by atoms with E-state index in [0.717, 1.165) is 28.9 Å². The Hall–Kier alpha value is -2.58. The van der Waals surface area contributed by atoms with Crippen LogP contribution in [0.1, 0.15) is 23.7 Å². The first-order valence-corrected chi connectivity index (χ1v) is 10.5. The molecule has 1 N–H and O–H groups in total. The number of thiazole rings is 1. The molecular weight excluding hydrogens is 380 g/mol. The van der Waals surface area contributed by atoms with E-state index < -0.39 is 0 Å². The molecule has 0 aliphatic heterocycles. The van der Waals surface area contributed by atoms with Gasteiger partial charge in [0.25, 0.3) is 0 Å². The van der Waals surface area contributed by atoms with Crippen molar-refractivity contribution < 1.29 is 9.32 Å². The van der Waals surface area contributed by atoms with E-state index in [4.69, 9.17) is 4.52 Å². The molecule has 1 aromatic carbocycles. The van der Waals surface area contributed by atoms with Crippen LogP contribution >= 0.6 is 22.7 Å². The van der Waals surface area contributed by atoms with Gasteiger partial charge in [-0.2, -0.15) is 16.3 Å². The number of nitrogens with one attached hydrogen (secondary N) is 1. The molecule has 0 saturated carbocycles. The molecule has 0 spiro atoms. The number of aryl methyl sites for hydroxylation is 2. The van der Waals surface area contributed by atoms with E-state index in [1.165, 1.54) is 4.70 Å². The molecule has 0 fully saturated rings. The number of carbonyl (C=O) groups excluding carboxylic acids is 1. The maximum Gasteiger partial charge on any atom is 0.227 e. The van der Waals surface area contributed by atoms with Crippen LogP contribution in [0.25, 0.3) is 21.6 Å². The molecule has 0 bridgehead atoms. The molecule has 8 heteroatoms. The van der Waals surface area contributed by atoms with E-state index in [1.807, 2.05) is 35.0 Å². The summed E-state index contributed by atoms with van der Waals surface area (Å²) in [6.45, 7) is 0.638. The minimum atomic E-state index is -0.00502. The van der Waals surface area contributed by atoms with Crippen LogP contribution in [0.2, 0.25) is 0 Å². The lowest BCUT2D eigenvalue weighted by Gasteiger charge is -2.02. The summed E-state index contributed by atoms with van der Waals surface area (Å²) < 4.78 is 6.41. The summed E-state index contributed by atoms with van der Waals surface area (Å²) in [6.07, 6.45) is 2.52. The summed E-state index contributed by atoms with van der Waals surface area (Å²) in [7, 11) is 0. The monoisotopic (exact) mass is 398 g/mol. The van der Waals surface area contributed by atoms with Crippen molar-refractivity contribution in [2.75, 3.05) is 6.54 Å². The molecule has 0 aliphatic carbocycles. The highest BCUT2D eigenvalue weighted by Gasteiger charge is 2.11. The Morgan fingerprint density at radius 2 is 2.07 bits per heavy atom. The third kappa shape index (κ3) is 4.58. The van der Waals surface area contributed by atoms with Crippen LogP contribution in [0.15, 0.2) is 45.6 Å². The number of hydrogen-bond acceptors (Lipinski definition) is 7. The first-order valence-electron chi connectivity index (χ1n) is 8.74. The van der Waals surface area contributed by atoms with Crippen molar-refractivity contribution in [1.82, 2.24) is 20.4 Å². The van der Waals surface area contributed by atoms with Crippen LogP contribution in [0.3, 0.4) is 0 Å². The van der Waals surface area contributed by atoms with Gasteiger partial charge < -0.3 is 9.84 Å². The number of carbonyl (C=O) groups is 1. The summed E-state index contributed by atoms with van der Waals surface area (Å²) >= 11 is 3.30. The minimum absolute atomic E-state index is 0.00502. The van der Waals surface area contributed by atoms with E-state index in [1.54, 1.807) is 22.7 Å². The second-order valence-electron chi connectivity index (χ2n) is 6.05. The first kappa shape index (κ1) is 17.8. The molecule has 0 aliphatic rings. The van der Waals surface area contributed by atoms with Crippen LogP contribution in [-0.2, 0) is 17.6 Å². The van der Waals surface area contributed by atoms with Crippen molar-refractivity contribution in [2.24, 2.45) is 0 Å².